The molecule has 0 radical (unpaired) electrons. The summed E-state index contributed by atoms with van der Waals surface area (Å²) in [5.41, 5.74) is 0.546. The fourth-order valence-electron chi connectivity index (χ4n) is 2.99. The van der Waals surface area contributed by atoms with Gasteiger partial charge in [0, 0.05) is 10.5 Å². The minimum atomic E-state index is -0.701. The molecule has 19 heavy (non-hydrogen) atoms. The topological polar surface area (TPSA) is 40.5 Å². The van der Waals surface area contributed by atoms with E-state index in [1.165, 1.54) is 5.56 Å². The second kappa shape index (κ2) is 5.63. The summed E-state index contributed by atoms with van der Waals surface area (Å²) < 4.78 is 1.07. The van der Waals surface area contributed by atoms with Crippen LogP contribution in [-0.2, 0) is 11.2 Å². The van der Waals surface area contributed by atoms with Gasteiger partial charge in [-0.1, -0.05) is 28.1 Å². The zero-order chi connectivity index (χ0) is 14.0. The van der Waals surface area contributed by atoms with Crippen molar-refractivity contribution in [3.05, 3.63) is 34.3 Å². The molecule has 1 fully saturated rings. The van der Waals surface area contributed by atoms with Crippen LogP contribution in [0.2, 0.25) is 0 Å². The van der Waals surface area contributed by atoms with E-state index in [9.17, 15) is 9.90 Å². The average molecular weight is 326 g/mol. The second-order valence-electron chi connectivity index (χ2n) is 5.56. The number of carbonyl (C=O) groups is 1. The van der Waals surface area contributed by atoms with Crippen molar-refractivity contribution >= 4 is 21.9 Å². The number of nitrogens with zero attached hydrogens (tertiary/aromatic N) is 1. The molecule has 0 spiro atoms. The predicted molar refractivity (Wildman–Crippen MR) is 79.3 cm³/mol. The van der Waals surface area contributed by atoms with Crippen molar-refractivity contribution in [1.82, 2.24) is 4.90 Å². The summed E-state index contributed by atoms with van der Waals surface area (Å²) in [6.45, 7) is 4.84. The SMILES string of the molecule is CC(Cc1ccc(Br)cc1)N1CCCC1(C)C(=O)O. The predicted octanol–water partition coefficient (Wildman–Crippen LogP) is 3.32. The van der Waals surface area contributed by atoms with Crippen molar-refractivity contribution in [2.75, 3.05) is 6.54 Å². The van der Waals surface area contributed by atoms with Crippen molar-refractivity contribution in [3.8, 4) is 0 Å². The average Bonchev–Trinajstić information content (AvgIpc) is 2.76. The molecule has 1 aromatic rings. The Labute approximate surface area is 122 Å². The van der Waals surface area contributed by atoms with Gasteiger partial charge in [-0.2, -0.15) is 0 Å². The maximum atomic E-state index is 11.5. The molecule has 1 aliphatic heterocycles. The van der Waals surface area contributed by atoms with Gasteiger partial charge in [-0.3, -0.25) is 9.69 Å². The zero-order valence-electron chi connectivity index (χ0n) is 11.4. The quantitative estimate of drug-likeness (QED) is 0.923. The highest BCUT2D eigenvalue weighted by Gasteiger charge is 2.45. The fourth-order valence-corrected chi connectivity index (χ4v) is 3.26. The minimum Gasteiger partial charge on any atom is -0.480 e. The van der Waals surface area contributed by atoms with Gasteiger partial charge in [-0.05, 0) is 57.4 Å². The summed E-state index contributed by atoms with van der Waals surface area (Å²) in [5, 5.41) is 9.45. The van der Waals surface area contributed by atoms with E-state index < -0.39 is 11.5 Å². The molecule has 1 saturated heterocycles. The van der Waals surface area contributed by atoms with Gasteiger partial charge in [0.1, 0.15) is 5.54 Å². The summed E-state index contributed by atoms with van der Waals surface area (Å²) in [6.07, 6.45) is 2.59. The van der Waals surface area contributed by atoms with Gasteiger partial charge >= 0.3 is 5.97 Å². The summed E-state index contributed by atoms with van der Waals surface area (Å²) in [5.74, 6) is -0.701. The molecule has 1 heterocycles. The van der Waals surface area contributed by atoms with Crippen LogP contribution in [0.3, 0.4) is 0 Å². The van der Waals surface area contributed by atoms with Crippen LogP contribution in [0, 0.1) is 0 Å². The van der Waals surface area contributed by atoms with Crippen LogP contribution >= 0.6 is 15.9 Å². The van der Waals surface area contributed by atoms with E-state index in [0.717, 1.165) is 30.3 Å². The Hall–Kier alpha value is -0.870. The highest BCUT2D eigenvalue weighted by Crippen LogP contribution is 2.32. The largest absolute Gasteiger partial charge is 0.480 e. The molecular weight excluding hydrogens is 306 g/mol. The maximum absolute atomic E-state index is 11.5. The number of aliphatic carboxylic acids is 1. The van der Waals surface area contributed by atoms with Crippen LogP contribution in [0.4, 0.5) is 0 Å². The number of rotatable bonds is 4. The lowest BCUT2D eigenvalue weighted by atomic mass is 9.96. The van der Waals surface area contributed by atoms with Gasteiger partial charge in [0.25, 0.3) is 0 Å². The molecule has 0 bridgehead atoms. The lowest BCUT2D eigenvalue weighted by Gasteiger charge is -2.36. The number of benzene rings is 1. The highest BCUT2D eigenvalue weighted by molar-refractivity contribution is 9.10. The van der Waals surface area contributed by atoms with E-state index >= 15 is 0 Å². The first-order chi connectivity index (χ1) is 8.93. The Morgan fingerprint density at radius 3 is 2.68 bits per heavy atom. The van der Waals surface area contributed by atoms with Crippen LogP contribution in [0.15, 0.2) is 28.7 Å². The first-order valence-electron chi connectivity index (χ1n) is 6.68. The lowest BCUT2D eigenvalue weighted by Crippen LogP contribution is -2.52. The summed E-state index contributed by atoms with van der Waals surface area (Å²) in [7, 11) is 0. The van der Waals surface area contributed by atoms with Crippen LogP contribution in [0.1, 0.15) is 32.3 Å². The van der Waals surface area contributed by atoms with E-state index in [0.29, 0.717) is 0 Å². The third-order valence-electron chi connectivity index (χ3n) is 4.13. The normalized spacial score (nSPS) is 25.4. The molecule has 104 valence electrons. The first-order valence-corrected chi connectivity index (χ1v) is 7.47. The molecule has 4 heteroatoms. The van der Waals surface area contributed by atoms with Crippen molar-refractivity contribution < 1.29 is 9.90 Å². The summed E-state index contributed by atoms with van der Waals surface area (Å²) >= 11 is 3.43. The maximum Gasteiger partial charge on any atom is 0.323 e. The third-order valence-corrected chi connectivity index (χ3v) is 4.66. The number of carboxylic acid groups (broad SMARTS) is 1. The number of likely N-dealkylation sites (tertiary alicyclic amines) is 1. The molecule has 1 aromatic carbocycles. The molecule has 1 aliphatic rings. The monoisotopic (exact) mass is 325 g/mol. The van der Waals surface area contributed by atoms with Crippen LogP contribution < -0.4 is 0 Å². The molecule has 2 rings (SSSR count). The first kappa shape index (κ1) is 14.5. The van der Waals surface area contributed by atoms with Crippen LogP contribution in [0.5, 0.6) is 0 Å². The molecule has 2 unspecified atom stereocenters. The van der Waals surface area contributed by atoms with Crippen LogP contribution in [-0.4, -0.2) is 34.1 Å². The number of hydrogen-bond acceptors (Lipinski definition) is 2. The molecule has 3 nitrogen and oxygen atoms in total. The summed E-state index contributed by atoms with van der Waals surface area (Å²) in [6, 6.07) is 8.48. The van der Waals surface area contributed by atoms with Gasteiger partial charge in [0.2, 0.25) is 0 Å². The van der Waals surface area contributed by atoms with Gasteiger partial charge in [0.05, 0.1) is 0 Å². The minimum absolute atomic E-state index is 0.241. The molecule has 2 atom stereocenters. The van der Waals surface area contributed by atoms with E-state index in [1.54, 1.807) is 0 Å². The Bertz CT molecular complexity index is 460. The molecule has 0 aliphatic carbocycles. The van der Waals surface area contributed by atoms with E-state index in [-0.39, 0.29) is 6.04 Å². The van der Waals surface area contributed by atoms with Crippen molar-refractivity contribution in [1.29, 1.82) is 0 Å². The van der Waals surface area contributed by atoms with Gasteiger partial charge in [-0.25, -0.2) is 0 Å². The van der Waals surface area contributed by atoms with Crippen molar-refractivity contribution in [2.45, 2.75) is 44.7 Å². The van der Waals surface area contributed by atoms with Crippen molar-refractivity contribution in [2.24, 2.45) is 0 Å². The number of carboxylic acids is 1. The Balaban J connectivity index is 2.09. The Morgan fingerprint density at radius 2 is 2.11 bits per heavy atom. The lowest BCUT2D eigenvalue weighted by molar-refractivity contribution is -0.149. The van der Waals surface area contributed by atoms with E-state index in [4.69, 9.17) is 0 Å². The number of halogens is 1. The molecule has 0 aromatic heterocycles. The van der Waals surface area contributed by atoms with Gasteiger partial charge in [-0.15, -0.1) is 0 Å². The standard InChI is InChI=1S/C15H20BrNO2/c1-11(10-12-4-6-13(16)7-5-12)17-9-3-8-15(17,2)14(18)19/h4-7,11H,3,8-10H2,1-2H3,(H,18,19). The second-order valence-corrected chi connectivity index (χ2v) is 6.47. The van der Waals surface area contributed by atoms with Crippen molar-refractivity contribution in [3.63, 3.8) is 0 Å². The fraction of sp³-hybridized carbons (Fsp3) is 0.533. The molecule has 0 saturated carbocycles. The molecule has 0 amide bonds. The Kier molecular flexibility index (Phi) is 4.31. The van der Waals surface area contributed by atoms with E-state index in [2.05, 4.69) is 39.9 Å². The van der Waals surface area contributed by atoms with Gasteiger partial charge < -0.3 is 5.11 Å². The van der Waals surface area contributed by atoms with Gasteiger partial charge in [0.15, 0.2) is 0 Å². The molecular formula is C15H20BrNO2. The zero-order valence-corrected chi connectivity index (χ0v) is 13.0. The molecule has 1 N–H and O–H groups in total. The van der Waals surface area contributed by atoms with E-state index in [1.807, 2.05) is 19.1 Å². The smallest absolute Gasteiger partial charge is 0.323 e. The van der Waals surface area contributed by atoms with Crippen LogP contribution in [0.25, 0.3) is 0 Å². The summed E-state index contributed by atoms with van der Waals surface area (Å²) in [4.78, 5) is 13.6. The Morgan fingerprint density at radius 1 is 1.47 bits per heavy atom. The number of hydrogen-bond donors (Lipinski definition) is 1. The third kappa shape index (κ3) is 3.00. The highest BCUT2D eigenvalue weighted by atomic mass is 79.9.